The van der Waals surface area contributed by atoms with Crippen LogP contribution in [-0.2, 0) is 4.79 Å². The highest BCUT2D eigenvalue weighted by Crippen LogP contribution is 1.97. The third-order valence-electron chi connectivity index (χ3n) is 1.71. The van der Waals surface area contributed by atoms with Crippen molar-refractivity contribution in [1.29, 1.82) is 0 Å². The molecule has 0 aromatic heterocycles. The molecule has 0 aliphatic rings. The topological polar surface area (TPSA) is 73.4 Å². The van der Waals surface area contributed by atoms with Gasteiger partial charge < -0.3 is 10.4 Å². The second kappa shape index (κ2) is 9.67. The lowest BCUT2D eigenvalue weighted by molar-refractivity contribution is -0.121. The van der Waals surface area contributed by atoms with Crippen LogP contribution in [0, 0.1) is 0 Å². The molecule has 6 heteroatoms. The maximum atomic E-state index is 11.2. The van der Waals surface area contributed by atoms with Crippen LogP contribution in [0.2, 0.25) is 0 Å². The predicted octanol–water partition coefficient (Wildman–Crippen LogP) is 0.0543. The molecule has 0 radical (unpaired) electrons. The van der Waals surface area contributed by atoms with E-state index in [-0.39, 0.29) is 12.5 Å². The molecule has 0 atom stereocenters. The fourth-order valence-electron chi connectivity index (χ4n) is 0.968. The first-order valence-electron chi connectivity index (χ1n) is 5.14. The second-order valence-corrected chi connectivity index (χ2v) is 3.48. The Bertz CT molecular complexity index is 200. The minimum atomic E-state index is -0.0896. The Labute approximate surface area is 95.6 Å². The average molecular weight is 233 g/mol. The molecule has 0 aromatic carbocycles. The number of hydrazine groups is 1. The zero-order valence-corrected chi connectivity index (χ0v) is 9.82. The number of unbranched alkanes of at least 4 members (excludes halogenated alkanes) is 2. The first kappa shape index (κ1) is 14.1. The van der Waals surface area contributed by atoms with E-state index in [4.69, 9.17) is 17.3 Å². The first-order valence-corrected chi connectivity index (χ1v) is 5.55. The number of thiocarbonyl (C=S) groups is 1. The smallest absolute Gasteiger partial charge is 0.238 e. The lowest BCUT2D eigenvalue weighted by Gasteiger charge is -2.09. The molecular weight excluding hydrogens is 214 g/mol. The molecular formula is C9H19N3O2S. The van der Waals surface area contributed by atoms with Crippen LogP contribution < -0.4 is 16.2 Å². The average Bonchev–Trinajstić information content (AvgIpc) is 2.22. The first-order chi connectivity index (χ1) is 7.20. The molecule has 0 aromatic rings. The summed E-state index contributed by atoms with van der Waals surface area (Å²) >= 11 is 4.86. The van der Waals surface area contributed by atoms with Crippen molar-refractivity contribution in [1.82, 2.24) is 16.2 Å². The number of aliphatic hydroxyl groups excluding tert-OH is 1. The van der Waals surface area contributed by atoms with Crippen molar-refractivity contribution in [2.24, 2.45) is 0 Å². The van der Waals surface area contributed by atoms with Crippen molar-refractivity contribution in [2.45, 2.75) is 32.6 Å². The number of carbonyl (C=O) groups excluding carboxylic acids is 1. The molecule has 0 saturated carbocycles. The number of hydrogen-bond donors (Lipinski definition) is 4. The van der Waals surface area contributed by atoms with E-state index in [1.165, 1.54) is 0 Å². The van der Waals surface area contributed by atoms with E-state index < -0.39 is 0 Å². The summed E-state index contributed by atoms with van der Waals surface area (Å²) in [6.45, 7) is 2.83. The van der Waals surface area contributed by atoms with Crippen LogP contribution in [0.4, 0.5) is 0 Å². The normalized spacial score (nSPS) is 9.47. The van der Waals surface area contributed by atoms with Crippen LogP contribution in [0.3, 0.4) is 0 Å². The Morgan fingerprint density at radius 3 is 2.60 bits per heavy atom. The standard InChI is InChI=1S/C9H19N3O2S/c1-2-10-9(15)12-11-8(14)6-4-3-5-7-13/h13H,2-7H2,1H3,(H,11,14)(H2,10,12,15). The van der Waals surface area contributed by atoms with Gasteiger partial charge in [-0.15, -0.1) is 0 Å². The van der Waals surface area contributed by atoms with Gasteiger partial charge in [0.15, 0.2) is 5.11 Å². The Hall–Kier alpha value is -0.880. The van der Waals surface area contributed by atoms with Gasteiger partial charge in [0.25, 0.3) is 0 Å². The molecule has 0 aliphatic carbocycles. The van der Waals surface area contributed by atoms with Gasteiger partial charge in [0.1, 0.15) is 0 Å². The Morgan fingerprint density at radius 2 is 2.00 bits per heavy atom. The molecule has 0 spiro atoms. The maximum Gasteiger partial charge on any atom is 0.238 e. The van der Waals surface area contributed by atoms with E-state index >= 15 is 0 Å². The van der Waals surface area contributed by atoms with Crippen LogP contribution in [0.15, 0.2) is 0 Å². The van der Waals surface area contributed by atoms with Gasteiger partial charge in [-0.05, 0) is 32.0 Å². The molecule has 1 amide bonds. The summed E-state index contributed by atoms with van der Waals surface area (Å²) in [5.41, 5.74) is 5.08. The second-order valence-electron chi connectivity index (χ2n) is 3.07. The molecule has 0 rings (SSSR count). The van der Waals surface area contributed by atoms with E-state index in [1.807, 2.05) is 6.92 Å². The van der Waals surface area contributed by atoms with Gasteiger partial charge in [-0.3, -0.25) is 15.6 Å². The number of rotatable bonds is 6. The highest BCUT2D eigenvalue weighted by molar-refractivity contribution is 7.80. The molecule has 5 nitrogen and oxygen atoms in total. The van der Waals surface area contributed by atoms with Crippen molar-refractivity contribution in [3.63, 3.8) is 0 Å². The number of aliphatic hydroxyl groups is 1. The third kappa shape index (κ3) is 9.42. The van der Waals surface area contributed by atoms with Crippen molar-refractivity contribution in [3.8, 4) is 0 Å². The van der Waals surface area contributed by atoms with Crippen molar-refractivity contribution in [2.75, 3.05) is 13.2 Å². The molecule has 0 fully saturated rings. The van der Waals surface area contributed by atoms with Gasteiger partial charge in [0.05, 0.1) is 0 Å². The minimum Gasteiger partial charge on any atom is -0.396 e. The van der Waals surface area contributed by atoms with Crippen molar-refractivity contribution < 1.29 is 9.90 Å². The zero-order valence-electron chi connectivity index (χ0n) is 9.01. The lowest BCUT2D eigenvalue weighted by atomic mass is 10.2. The van der Waals surface area contributed by atoms with Gasteiger partial charge in [-0.2, -0.15) is 0 Å². The van der Waals surface area contributed by atoms with Crippen LogP contribution >= 0.6 is 12.2 Å². The van der Waals surface area contributed by atoms with E-state index in [0.717, 1.165) is 25.8 Å². The molecule has 0 unspecified atom stereocenters. The molecule has 88 valence electrons. The van der Waals surface area contributed by atoms with Gasteiger partial charge in [0.2, 0.25) is 5.91 Å². The molecule has 0 heterocycles. The van der Waals surface area contributed by atoms with Gasteiger partial charge in [-0.1, -0.05) is 6.42 Å². The molecule has 0 saturated heterocycles. The summed E-state index contributed by atoms with van der Waals surface area (Å²) in [5.74, 6) is -0.0896. The fourth-order valence-corrected chi connectivity index (χ4v) is 1.16. The Balaban J connectivity index is 3.36. The molecule has 15 heavy (non-hydrogen) atoms. The van der Waals surface area contributed by atoms with Crippen LogP contribution in [0.1, 0.15) is 32.6 Å². The summed E-state index contributed by atoms with van der Waals surface area (Å²) in [4.78, 5) is 11.2. The van der Waals surface area contributed by atoms with Gasteiger partial charge in [-0.25, -0.2) is 0 Å². The number of nitrogens with one attached hydrogen (secondary N) is 3. The Kier molecular flexibility index (Phi) is 9.10. The molecule has 0 bridgehead atoms. The zero-order chi connectivity index (χ0) is 11.5. The van der Waals surface area contributed by atoms with Crippen LogP contribution in [-0.4, -0.2) is 29.3 Å². The summed E-state index contributed by atoms with van der Waals surface area (Å²) in [6, 6.07) is 0. The summed E-state index contributed by atoms with van der Waals surface area (Å²) < 4.78 is 0. The number of amides is 1. The van der Waals surface area contributed by atoms with E-state index in [9.17, 15) is 4.79 Å². The van der Waals surface area contributed by atoms with Crippen molar-refractivity contribution in [3.05, 3.63) is 0 Å². The summed E-state index contributed by atoms with van der Waals surface area (Å²) in [5, 5.41) is 11.8. The highest BCUT2D eigenvalue weighted by Gasteiger charge is 2.00. The highest BCUT2D eigenvalue weighted by atomic mass is 32.1. The summed E-state index contributed by atoms with van der Waals surface area (Å²) in [7, 11) is 0. The number of carbonyl (C=O) groups is 1. The van der Waals surface area contributed by atoms with E-state index in [0.29, 0.717) is 11.5 Å². The molecule has 0 aliphatic heterocycles. The quantitative estimate of drug-likeness (QED) is 0.296. The third-order valence-corrected chi connectivity index (χ3v) is 1.96. The predicted molar refractivity (Wildman–Crippen MR) is 63.1 cm³/mol. The Morgan fingerprint density at radius 1 is 1.27 bits per heavy atom. The summed E-state index contributed by atoms with van der Waals surface area (Å²) in [6.07, 6.45) is 2.84. The largest absolute Gasteiger partial charge is 0.396 e. The van der Waals surface area contributed by atoms with Gasteiger partial charge >= 0.3 is 0 Å². The fraction of sp³-hybridized carbons (Fsp3) is 0.778. The SMILES string of the molecule is CCNC(=S)NNC(=O)CCCCCO. The van der Waals surface area contributed by atoms with E-state index in [1.54, 1.807) is 0 Å². The number of hydrogen-bond acceptors (Lipinski definition) is 3. The van der Waals surface area contributed by atoms with E-state index in [2.05, 4.69) is 16.2 Å². The maximum absolute atomic E-state index is 11.2. The monoisotopic (exact) mass is 233 g/mol. The minimum absolute atomic E-state index is 0.0896. The van der Waals surface area contributed by atoms with Gasteiger partial charge in [0, 0.05) is 19.6 Å². The lowest BCUT2D eigenvalue weighted by Crippen LogP contribution is -2.46. The van der Waals surface area contributed by atoms with Crippen molar-refractivity contribution >= 4 is 23.2 Å². The van der Waals surface area contributed by atoms with Crippen LogP contribution in [0.5, 0.6) is 0 Å². The van der Waals surface area contributed by atoms with Crippen LogP contribution in [0.25, 0.3) is 0 Å². The molecule has 4 N–H and O–H groups in total.